The Morgan fingerprint density at radius 3 is 2.53 bits per heavy atom. The predicted molar refractivity (Wildman–Crippen MR) is 80.3 cm³/mol. The third-order valence-corrected chi connectivity index (χ3v) is 3.58. The summed E-state index contributed by atoms with van der Waals surface area (Å²) < 4.78 is 0. The Bertz CT molecular complexity index is 383. The highest BCUT2D eigenvalue weighted by atomic mass is 15.3. The number of piperazine rings is 1. The maximum Gasteiger partial charge on any atom is 0.0564 e. The van der Waals surface area contributed by atoms with Crippen molar-refractivity contribution in [2.24, 2.45) is 5.92 Å². The molecular formula is C15H26N4. The summed E-state index contributed by atoms with van der Waals surface area (Å²) >= 11 is 0. The van der Waals surface area contributed by atoms with E-state index in [9.17, 15) is 0 Å². The Hall–Kier alpha value is -1.13. The van der Waals surface area contributed by atoms with Gasteiger partial charge in [-0.2, -0.15) is 0 Å². The molecule has 4 nitrogen and oxygen atoms in total. The molecule has 0 atom stereocenters. The molecule has 0 spiro atoms. The van der Waals surface area contributed by atoms with E-state index in [1.165, 1.54) is 19.6 Å². The number of aromatic nitrogens is 1. The quantitative estimate of drug-likeness (QED) is 0.878. The van der Waals surface area contributed by atoms with Crippen molar-refractivity contribution >= 4 is 5.69 Å². The zero-order valence-electron chi connectivity index (χ0n) is 12.4. The van der Waals surface area contributed by atoms with Gasteiger partial charge in [0.25, 0.3) is 0 Å². The number of nitrogens with one attached hydrogen (secondary N) is 1. The number of hydrogen-bond acceptors (Lipinski definition) is 4. The summed E-state index contributed by atoms with van der Waals surface area (Å²) in [6.45, 7) is 11.4. The van der Waals surface area contributed by atoms with Gasteiger partial charge in [-0.05, 0) is 18.1 Å². The number of nitrogens with zero attached hydrogens (tertiary/aromatic N) is 3. The molecule has 0 aromatic carbocycles. The van der Waals surface area contributed by atoms with E-state index in [2.05, 4.69) is 40.0 Å². The van der Waals surface area contributed by atoms with Gasteiger partial charge >= 0.3 is 0 Å². The molecule has 0 unspecified atom stereocenters. The largest absolute Gasteiger partial charge is 0.388 e. The first-order chi connectivity index (χ1) is 9.17. The average molecular weight is 262 g/mol. The Morgan fingerprint density at radius 2 is 1.89 bits per heavy atom. The molecule has 0 bridgehead atoms. The van der Waals surface area contributed by atoms with E-state index < -0.39 is 0 Å². The van der Waals surface area contributed by atoms with Crippen LogP contribution in [-0.4, -0.2) is 54.6 Å². The summed E-state index contributed by atoms with van der Waals surface area (Å²) in [4.78, 5) is 9.52. The molecule has 19 heavy (non-hydrogen) atoms. The van der Waals surface area contributed by atoms with Gasteiger partial charge in [0, 0.05) is 58.2 Å². The van der Waals surface area contributed by atoms with Gasteiger partial charge in [-0.3, -0.25) is 9.88 Å². The van der Waals surface area contributed by atoms with Gasteiger partial charge in [-0.1, -0.05) is 13.8 Å². The minimum Gasteiger partial charge on any atom is -0.388 e. The van der Waals surface area contributed by atoms with Crippen LogP contribution in [-0.2, 0) is 6.54 Å². The summed E-state index contributed by atoms with van der Waals surface area (Å²) in [5, 5.41) is 3.17. The zero-order chi connectivity index (χ0) is 13.7. The topological polar surface area (TPSA) is 31.4 Å². The van der Waals surface area contributed by atoms with Crippen molar-refractivity contribution in [3.8, 4) is 0 Å². The first kappa shape index (κ1) is 14.3. The highest BCUT2D eigenvalue weighted by Crippen LogP contribution is 2.11. The van der Waals surface area contributed by atoms with Gasteiger partial charge in [0.1, 0.15) is 0 Å². The predicted octanol–water partition coefficient (Wildman–Crippen LogP) is 1.90. The van der Waals surface area contributed by atoms with Gasteiger partial charge < -0.3 is 10.2 Å². The Balaban J connectivity index is 1.81. The van der Waals surface area contributed by atoms with Crippen LogP contribution in [0.4, 0.5) is 5.69 Å². The lowest BCUT2D eigenvalue weighted by Crippen LogP contribution is -2.46. The monoisotopic (exact) mass is 262 g/mol. The van der Waals surface area contributed by atoms with Crippen molar-refractivity contribution in [2.75, 3.05) is 45.1 Å². The van der Waals surface area contributed by atoms with Crippen LogP contribution in [0.5, 0.6) is 0 Å². The first-order valence-corrected chi connectivity index (χ1v) is 7.25. The van der Waals surface area contributed by atoms with E-state index in [-0.39, 0.29) is 0 Å². The fourth-order valence-corrected chi connectivity index (χ4v) is 2.60. The van der Waals surface area contributed by atoms with E-state index in [4.69, 9.17) is 0 Å². The van der Waals surface area contributed by atoms with E-state index in [1.54, 1.807) is 0 Å². The molecule has 106 valence electrons. The number of anilines is 1. The summed E-state index contributed by atoms with van der Waals surface area (Å²) in [5.74, 6) is 0.764. The molecule has 0 radical (unpaired) electrons. The third-order valence-electron chi connectivity index (χ3n) is 3.58. The van der Waals surface area contributed by atoms with Gasteiger partial charge in [0.05, 0.1) is 5.69 Å². The molecule has 2 heterocycles. The standard InChI is InChI=1S/C15H26N4/c1-13(2)11-18-6-8-19(9-7-18)12-15-10-14(16-3)4-5-17-15/h4-5,10,13H,6-9,11-12H2,1-3H3,(H,16,17). The molecule has 1 saturated heterocycles. The molecule has 1 aliphatic heterocycles. The molecule has 1 N–H and O–H groups in total. The lowest BCUT2D eigenvalue weighted by Gasteiger charge is -2.35. The Labute approximate surface area is 116 Å². The van der Waals surface area contributed by atoms with Crippen molar-refractivity contribution in [2.45, 2.75) is 20.4 Å². The SMILES string of the molecule is CNc1ccnc(CN2CCN(CC(C)C)CC2)c1. The summed E-state index contributed by atoms with van der Waals surface area (Å²) in [6.07, 6.45) is 1.89. The number of pyridine rings is 1. The van der Waals surface area contributed by atoms with Crippen LogP contribution in [0.1, 0.15) is 19.5 Å². The second-order valence-corrected chi connectivity index (χ2v) is 5.76. The normalized spacial score (nSPS) is 17.9. The van der Waals surface area contributed by atoms with Crippen LogP contribution in [0.25, 0.3) is 0 Å². The van der Waals surface area contributed by atoms with E-state index in [1.807, 2.05) is 19.3 Å². The smallest absolute Gasteiger partial charge is 0.0564 e. The molecule has 1 aromatic rings. The molecule has 2 rings (SSSR count). The van der Waals surface area contributed by atoms with Crippen LogP contribution >= 0.6 is 0 Å². The van der Waals surface area contributed by atoms with Gasteiger partial charge in [-0.25, -0.2) is 0 Å². The highest BCUT2D eigenvalue weighted by Gasteiger charge is 2.17. The van der Waals surface area contributed by atoms with Crippen molar-refractivity contribution in [3.05, 3.63) is 24.0 Å². The average Bonchev–Trinajstić information content (AvgIpc) is 2.41. The molecule has 0 aliphatic carbocycles. The molecule has 1 aliphatic rings. The van der Waals surface area contributed by atoms with Crippen LogP contribution in [0.2, 0.25) is 0 Å². The Kier molecular flexibility index (Phi) is 5.16. The van der Waals surface area contributed by atoms with Crippen LogP contribution in [0.3, 0.4) is 0 Å². The lowest BCUT2D eigenvalue weighted by atomic mass is 10.2. The maximum absolute atomic E-state index is 4.45. The maximum atomic E-state index is 4.45. The molecule has 0 amide bonds. The van der Waals surface area contributed by atoms with E-state index >= 15 is 0 Å². The third kappa shape index (κ3) is 4.48. The minimum absolute atomic E-state index is 0.764. The molecule has 4 heteroatoms. The van der Waals surface area contributed by atoms with Crippen molar-refractivity contribution in [1.82, 2.24) is 14.8 Å². The molecule has 0 saturated carbocycles. The summed E-state index contributed by atoms with van der Waals surface area (Å²) in [6, 6.07) is 4.14. The summed E-state index contributed by atoms with van der Waals surface area (Å²) in [7, 11) is 1.95. The van der Waals surface area contributed by atoms with Crippen LogP contribution in [0.15, 0.2) is 18.3 Å². The van der Waals surface area contributed by atoms with Crippen LogP contribution < -0.4 is 5.32 Å². The zero-order valence-corrected chi connectivity index (χ0v) is 12.4. The highest BCUT2D eigenvalue weighted by molar-refractivity contribution is 5.42. The number of rotatable bonds is 5. The van der Waals surface area contributed by atoms with Crippen molar-refractivity contribution < 1.29 is 0 Å². The van der Waals surface area contributed by atoms with E-state index in [0.29, 0.717) is 0 Å². The number of hydrogen-bond donors (Lipinski definition) is 1. The fourth-order valence-electron chi connectivity index (χ4n) is 2.60. The van der Waals surface area contributed by atoms with Gasteiger partial charge in [0.15, 0.2) is 0 Å². The fraction of sp³-hybridized carbons (Fsp3) is 0.667. The molecular weight excluding hydrogens is 236 g/mol. The molecule has 1 aromatic heterocycles. The minimum atomic E-state index is 0.764. The van der Waals surface area contributed by atoms with Crippen LogP contribution in [0, 0.1) is 5.92 Å². The van der Waals surface area contributed by atoms with Crippen molar-refractivity contribution in [1.29, 1.82) is 0 Å². The summed E-state index contributed by atoms with van der Waals surface area (Å²) in [5.41, 5.74) is 2.30. The lowest BCUT2D eigenvalue weighted by molar-refractivity contribution is 0.116. The molecule has 1 fully saturated rings. The second-order valence-electron chi connectivity index (χ2n) is 5.76. The first-order valence-electron chi connectivity index (χ1n) is 7.25. The van der Waals surface area contributed by atoms with Gasteiger partial charge in [0.2, 0.25) is 0 Å². The van der Waals surface area contributed by atoms with Crippen molar-refractivity contribution in [3.63, 3.8) is 0 Å². The Morgan fingerprint density at radius 1 is 1.21 bits per heavy atom. The van der Waals surface area contributed by atoms with Gasteiger partial charge in [-0.15, -0.1) is 0 Å². The second kappa shape index (κ2) is 6.87. The van der Waals surface area contributed by atoms with E-state index in [0.717, 1.165) is 36.9 Å².